The van der Waals surface area contributed by atoms with Gasteiger partial charge in [0.2, 0.25) is 0 Å². The SMILES string of the molecule is O=C(O)c1cncc(N2CC3CCC2C3)n1. The van der Waals surface area contributed by atoms with Crippen LogP contribution in [0.4, 0.5) is 5.82 Å². The lowest BCUT2D eigenvalue weighted by Crippen LogP contribution is -2.32. The van der Waals surface area contributed by atoms with E-state index in [1.165, 1.54) is 25.5 Å². The van der Waals surface area contributed by atoms with E-state index in [2.05, 4.69) is 14.9 Å². The zero-order valence-corrected chi connectivity index (χ0v) is 8.83. The first-order chi connectivity index (χ1) is 7.74. The fourth-order valence-electron chi connectivity index (χ4n) is 2.80. The van der Waals surface area contributed by atoms with Crippen LogP contribution in [0.15, 0.2) is 12.4 Å². The van der Waals surface area contributed by atoms with Gasteiger partial charge in [0.15, 0.2) is 5.69 Å². The average Bonchev–Trinajstić information content (AvgIpc) is 2.91. The summed E-state index contributed by atoms with van der Waals surface area (Å²) in [7, 11) is 0. The summed E-state index contributed by atoms with van der Waals surface area (Å²) in [5.41, 5.74) is 0.0280. The molecule has 0 aromatic carbocycles. The van der Waals surface area contributed by atoms with Crippen LogP contribution in [0.5, 0.6) is 0 Å². The summed E-state index contributed by atoms with van der Waals surface area (Å²) in [4.78, 5) is 21.1. The maximum atomic E-state index is 10.8. The minimum absolute atomic E-state index is 0.0280. The molecular weight excluding hydrogens is 206 g/mol. The molecule has 2 aliphatic rings. The molecule has 0 spiro atoms. The van der Waals surface area contributed by atoms with E-state index in [0.29, 0.717) is 11.9 Å². The minimum atomic E-state index is -1.02. The monoisotopic (exact) mass is 219 g/mol. The Morgan fingerprint density at radius 1 is 1.44 bits per heavy atom. The first kappa shape index (κ1) is 9.57. The van der Waals surface area contributed by atoms with Crippen LogP contribution < -0.4 is 4.90 Å². The summed E-state index contributed by atoms with van der Waals surface area (Å²) in [6.45, 7) is 1.00. The quantitative estimate of drug-likeness (QED) is 0.808. The van der Waals surface area contributed by atoms with Crippen LogP contribution in [0, 0.1) is 5.92 Å². The van der Waals surface area contributed by atoms with Crippen molar-refractivity contribution < 1.29 is 9.90 Å². The lowest BCUT2D eigenvalue weighted by atomic mass is 10.1. The summed E-state index contributed by atoms with van der Waals surface area (Å²) >= 11 is 0. The molecule has 5 nitrogen and oxygen atoms in total. The molecule has 1 aromatic rings. The molecule has 2 heterocycles. The van der Waals surface area contributed by atoms with Gasteiger partial charge >= 0.3 is 5.97 Å². The molecule has 84 valence electrons. The number of carboxylic acids is 1. The van der Waals surface area contributed by atoms with Crippen LogP contribution in [-0.2, 0) is 0 Å². The third kappa shape index (κ3) is 1.43. The van der Waals surface area contributed by atoms with Gasteiger partial charge in [-0.3, -0.25) is 4.98 Å². The Kier molecular flexibility index (Phi) is 2.05. The van der Waals surface area contributed by atoms with Crippen molar-refractivity contribution in [2.45, 2.75) is 25.3 Å². The second kappa shape index (κ2) is 3.43. The normalized spacial score (nSPS) is 27.4. The Morgan fingerprint density at radius 2 is 2.31 bits per heavy atom. The van der Waals surface area contributed by atoms with E-state index < -0.39 is 5.97 Å². The van der Waals surface area contributed by atoms with Crippen molar-refractivity contribution in [2.24, 2.45) is 5.92 Å². The van der Waals surface area contributed by atoms with Gasteiger partial charge in [0.1, 0.15) is 5.82 Å². The Labute approximate surface area is 93.1 Å². The molecule has 1 aromatic heterocycles. The summed E-state index contributed by atoms with van der Waals surface area (Å²) in [5.74, 6) is 0.464. The lowest BCUT2D eigenvalue weighted by Gasteiger charge is -2.27. The molecule has 1 saturated heterocycles. The molecule has 16 heavy (non-hydrogen) atoms. The second-order valence-corrected chi connectivity index (χ2v) is 4.55. The maximum Gasteiger partial charge on any atom is 0.356 e. The largest absolute Gasteiger partial charge is 0.476 e. The number of carbonyl (C=O) groups is 1. The lowest BCUT2D eigenvalue weighted by molar-refractivity contribution is 0.0690. The van der Waals surface area contributed by atoms with Crippen molar-refractivity contribution in [1.29, 1.82) is 0 Å². The van der Waals surface area contributed by atoms with E-state index in [4.69, 9.17) is 5.11 Å². The average molecular weight is 219 g/mol. The van der Waals surface area contributed by atoms with Crippen LogP contribution in [-0.4, -0.2) is 33.6 Å². The fraction of sp³-hybridized carbons (Fsp3) is 0.545. The first-order valence-corrected chi connectivity index (χ1v) is 5.56. The smallest absolute Gasteiger partial charge is 0.356 e. The Hall–Kier alpha value is -1.65. The van der Waals surface area contributed by atoms with Crippen molar-refractivity contribution >= 4 is 11.8 Å². The molecule has 1 saturated carbocycles. The third-order valence-corrected chi connectivity index (χ3v) is 3.54. The van der Waals surface area contributed by atoms with E-state index in [9.17, 15) is 4.79 Å². The number of piperidine rings is 1. The number of hydrogen-bond donors (Lipinski definition) is 1. The molecule has 1 aliphatic carbocycles. The van der Waals surface area contributed by atoms with Crippen LogP contribution in [0.3, 0.4) is 0 Å². The molecule has 1 aliphatic heterocycles. The van der Waals surface area contributed by atoms with E-state index in [1.807, 2.05) is 0 Å². The highest BCUT2D eigenvalue weighted by atomic mass is 16.4. The van der Waals surface area contributed by atoms with Gasteiger partial charge in [-0.05, 0) is 25.2 Å². The number of carboxylic acid groups (broad SMARTS) is 1. The number of hydrogen-bond acceptors (Lipinski definition) is 4. The van der Waals surface area contributed by atoms with Crippen LogP contribution >= 0.6 is 0 Å². The zero-order chi connectivity index (χ0) is 11.1. The van der Waals surface area contributed by atoms with E-state index >= 15 is 0 Å². The van der Waals surface area contributed by atoms with Gasteiger partial charge in [0, 0.05) is 12.6 Å². The highest BCUT2D eigenvalue weighted by Crippen LogP contribution is 2.39. The van der Waals surface area contributed by atoms with Crippen LogP contribution in [0.2, 0.25) is 0 Å². The summed E-state index contributed by atoms with van der Waals surface area (Å²) in [5, 5.41) is 8.86. The molecule has 2 unspecified atom stereocenters. The van der Waals surface area contributed by atoms with Crippen molar-refractivity contribution in [3.8, 4) is 0 Å². The maximum absolute atomic E-state index is 10.8. The van der Waals surface area contributed by atoms with Gasteiger partial charge in [-0.1, -0.05) is 0 Å². The van der Waals surface area contributed by atoms with Crippen LogP contribution in [0.25, 0.3) is 0 Å². The van der Waals surface area contributed by atoms with Gasteiger partial charge in [-0.2, -0.15) is 0 Å². The highest BCUT2D eigenvalue weighted by Gasteiger charge is 2.38. The van der Waals surface area contributed by atoms with Crippen molar-refractivity contribution in [3.05, 3.63) is 18.1 Å². The molecule has 3 rings (SSSR count). The second-order valence-electron chi connectivity index (χ2n) is 4.55. The molecule has 2 fully saturated rings. The zero-order valence-electron chi connectivity index (χ0n) is 8.83. The first-order valence-electron chi connectivity index (χ1n) is 5.56. The molecule has 5 heteroatoms. The van der Waals surface area contributed by atoms with Gasteiger partial charge in [-0.15, -0.1) is 0 Å². The Bertz CT molecular complexity index is 435. The summed E-state index contributed by atoms with van der Waals surface area (Å²) in [6, 6.07) is 0.545. The highest BCUT2D eigenvalue weighted by molar-refractivity contribution is 5.85. The topological polar surface area (TPSA) is 66.3 Å². The predicted molar refractivity (Wildman–Crippen MR) is 57.5 cm³/mol. The number of aromatic carboxylic acids is 1. The molecule has 2 bridgehead atoms. The van der Waals surface area contributed by atoms with Crippen molar-refractivity contribution in [2.75, 3.05) is 11.4 Å². The number of rotatable bonds is 2. The van der Waals surface area contributed by atoms with E-state index in [-0.39, 0.29) is 5.69 Å². The number of fused-ring (bicyclic) bond motifs is 2. The minimum Gasteiger partial charge on any atom is -0.476 e. The van der Waals surface area contributed by atoms with Gasteiger partial charge in [0.05, 0.1) is 12.4 Å². The number of aromatic nitrogens is 2. The van der Waals surface area contributed by atoms with E-state index in [1.54, 1.807) is 6.20 Å². The molecule has 1 N–H and O–H groups in total. The third-order valence-electron chi connectivity index (χ3n) is 3.54. The van der Waals surface area contributed by atoms with Gasteiger partial charge in [-0.25, -0.2) is 9.78 Å². The van der Waals surface area contributed by atoms with Crippen molar-refractivity contribution in [3.63, 3.8) is 0 Å². The molecule has 0 amide bonds. The summed E-state index contributed by atoms with van der Waals surface area (Å²) in [6.07, 6.45) is 6.67. The predicted octanol–water partition coefficient (Wildman–Crippen LogP) is 1.16. The molecular formula is C11H13N3O2. The van der Waals surface area contributed by atoms with Crippen molar-refractivity contribution in [1.82, 2.24) is 9.97 Å². The Balaban J connectivity index is 1.89. The molecule has 2 atom stereocenters. The van der Waals surface area contributed by atoms with Gasteiger partial charge in [0.25, 0.3) is 0 Å². The standard InChI is InChI=1S/C11H13N3O2/c15-11(16)9-4-12-5-10(13-9)14-6-7-1-2-8(14)3-7/h4-5,7-8H,1-3,6H2,(H,15,16). The Morgan fingerprint density at radius 3 is 2.94 bits per heavy atom. The number of anilines is 1. The van der Waals surface area contributed by atoms with Crippen LogP contribution in [0.1, 0.15) is 29.8 Å². The fourth-order valence-corrected chi connectivity index (χ4v) is 2.80. The molecule has 0 radical (unpaired) electrons. The summed E-state index contributed by atoms with van der Waals surface area (Å²) < 4.78 is 0. The number of nitrogens with zero attached hydrogens (tertiary/aromatic N) is 3. The van der Waals surface area contributed by atoms with Gasteiger partial charge < -0.3 is 10.0 Å². The van der Waals surface area contributed by atoms with E-state index in [0.717, 1.165) is 12.5 Å².